The molecule has 0 aliphatic carbocycles. The molecular formula is C9H10ClN3O2S2. The molecule has 1 fully saturated rings. The molecule has 2 heterocycles. The van der Waals surface area contributed by atoms with Gasteiger partial charge in [-0.1, -0.05) is 22.9 Å². The number of anilines is 1. The minimum atomic E-state index is -2.84. The first-order chi connectivity index (χ1) is 8.00. The molecule has 1 aliphatic rings. The molecule has 0 spiro atoms. The lowest BCUT2D eigenvalue weighted by atomic mass is 10.1. The summed E-state index contributed by atoms with van der Waals surface area (Å²) in [4.78, 5) is 4.35. The molecule has 92 valence electrons. The number of hydrogen-bond acceptors (Lipinski definition) is 6. The van der Waals surface area contributed by atoms with E-state index >= 15 is 0 Å². The number of nitrogens with one attached hydrogen (secondary N) is 1. The molecule has 1 N–H and O–H groups in total. The average molecular weight is 292 g/mol. The van der Waals surface area contributed by atoms with E-state index in [1.165, 1.54) is 11.3 Å². The quantitative estimate of drug-likeness (QED) is 0.913. The van der Waals surface area contributed by atoms with Crippen molar-refractivity contribution >= 4 is 37.9 Å². The first-order valence-corrected chi connectivity index (χ1v) is 8.02. The van der Waals surface area contributed by atoms with Crippen molar-refractivity contribution in [1.82, 2.24) is 4.98 Å². The fourth-order valence-corrected chi connectivity index (χ4v) is 4.53. The topological polar surface area (TPSA) is 82.9 Å². The number of rotatable bonds is 3. The molecule has 17 heavy (non-hydrogen) atoms. The van der Waals surface area contributed by atoms with Crippen LogP contribution >= 0.6 is 22.9 Å². The molecule has 1 saturated heterocycles. The van der Waals surface area contributed by atoms with Gasteiger partial charge in [0.1, 0.15) is 10.9 Å². The van der Waals surface area contributed by atoms with Crippen LogP contribution in [0.4, 0.5) is 5.13 Å². The van der Waals surface area contributed by atoms with E-state index < -0.39 is 9.84 Å². The summed E-state index contributed by atoms with van der Waals surface area (Å²) in [7, 11) is -2.84. The Bertz CT molecular complexity index is 561. The smallest absolute Gasteiger partial charge is 0.185 e. The molecule has 5 nitrogen and oxygen atoms in total. The van der Waals surface area contributed by atoms with Gasteiger partial charge in [0.25, 0.3) is 0 Å². The summed E-state index contributed by atoms with van der Waals surface area (Å²) in [6, 6.07) is 1.94. The van der Waals surface area contributed by atoms with Gasteiger partial charge in [-0.2, -0.15) is 5.26 Å². The highest BCUT2D eigenvalue weighted by Gasteiger charge is 2.27. The maximum atomic E-state index is 11.3. The molecule has 0 bridgehead atoms. The second kappa shape index (κ2) is 4.80. The number of sulfone groups is 1. The number of halogens is 1. The van der Waals surface area contributed by atoms with Crippen LogP contribution in [0.5, 0.6) is 0 Å². The van der Waals surface area contributed by atoms with Crippen LogP contribution in [-0.2, 0) is 9.84 Å². The van der Waals surface area contributed by atoms with Crippen molar-refractivity contribution in [3.8, 4) is 6.07 Å². The van der Waals surface area contributed by atoms with Crippen molar-refractivity contribution in [2.24, 2.45) is 5.92 Å². The fraction of sp³-hybridized carbons (Fsp3) is 0.556. The third kappa shape index (κ3) is 3.09. The van der Waals surface area contributed by atoms with Crippen molar-refractivity contribution in [3.63, 3.8) is 0 Å². The van der Waals surface area contributed by atoms with Crippen molar-refractivity contribution in [1.29, 1.82) is 5.26 Å². The molecule has 1 atom stereocenters. The summed E-state index contributed by atoms with van der Waals surface area (Å²) in [6.45, 7) is 0.550. The van der Waals surface area contributed by atoms with Gasteiger partial charge in [-0.05, 0) is 12.3 Å². The summed E-state index contributed by atoms with van der Waals surface area (Å²) >= 11 is 6.90. The molecule has 1 aromatic heterocycles. The molecule has 1 unspecified atom stereocenters. The third-order valence-electron chi connectivity index (χ3n) is 2.56. The Balaban J connectivity index is 1.93. The zero-order valence-corrected chi connectivity index (χ0v) is 11.2. The number of nitriles is 1. The van der Waals surface area contributed by atoms with Crippen molar-refractivity contribution in [3.05, 3.63) is 10.0 Å². The highest BCUT2D eigenvalue weighted by atomic mass is 35.5. The SMILES string of the molecule is N#Cc1sc(NCC2CCS(=O)(=O)C2)nc1Cl. The van der Waals surface area contributed by atoms with Gasteiger partial charge in [0.2, 0.25) is 0 Å². The van der Waals surface area contributed by atoms with E-state index in [2.05, 4.69) is 10.3 Å². The largest absolute Gasteiger partial charge is 0.361 e. The summed E-state index contributed by atoms with van der Waals surface area (Å²) < 4.78 is 22.5. The van der Waals surface area contributed by atoms with E-state index in [9.17, 15) is 8.42 Å². The lowest BCUT2D eigenvalue weighted by Crippen LogP contribution is -2.15. The van der Waals surface area contributed by atoms with Crippen LogP contribution in [0.15, 0.2) is 0 Å². The van der Waals surface area contributed by atoms with Gasteiger partial charge in [-0.25, -0.2) is 13.4 Å². The predicted octanol–water partition coefficient (Wildman–Crippen LogP) is 1.51. The Kier molecular flexibility index (Phi) is 3.56. The Morgan fingerprint density at radius 1 is 1.65 bits per heavy atom. The molecule has 1 aromatic rings. The molecule has 1 aliphatic heterocycles. The van der Waals surface area contributed by atoms with Crippen LogP contribution in [0.3, 0.4) is 0 Å². The van der Waals surface area contributed by atoms with Crippen LogP contribution in [0.2, 0.25) is 5.15 Å². The third-order valence-corrected chi connectivity index (χ3v) is 5.70. The second-order valence-corrected chi connectivity index (χ2v) is 7.49. The van der Waals surface area contributed by atoms with Crippen LogP contribution < -0.4 is 5.32 Å². The Morgan fingerprint density at radius 2 is 2.41 bits per heavy atom. The molecule has 0 radical (unpaired) electrons. The molecule has 8 heteroatoms. The van der Waals surface area contributed by atoms with Gasteiger partial charge < -0.3 is 5.32 Å². The maximum Gasteiger partial charge on any atom is 0.185 e. The van der Waals surface area contributed by atoms with E-state index in [1.54, 1.807) is 0 Å². The standard InChI is InChI=1S/C9H10ClN3O2S2/c10-8-7(3-11)16-9(13-8)12-4-6-1-2-17(14,15)5-6/h6H,1-2,4-5H2,(H,12,13). The first-order valence-electron chi connectivity index (χ1n) is 5.01. The average Bonchev–Trinajstić information content (AvgIpc) is 2.78. The van der Waals surface area contributed by atoms with Crippen LogP contribution in [0, 0.1) is 17.2 Å². The van der Waals surface area contributed by atoms with Crippen molar-refractivity contribution in [2.45, 2.75) is 6.42 Å². The monoisotopic (exact) mass is 291 g/mol. The minimum Gasteiger partial charge on any atom is -0.361 e. The van der Waals surface area contributed by atoms with Gasteiger partial charge >= 0.3 is 0 Å². The molecule has 0 amide bonds. The summed E-state index contributed by atoms with van der Waals surface area (Å²) in [5.74, 6) is 0.610. The highest BCUT2D eigenvalue weighted by molar-refractivity contribution is 7.91. The van der Waals surface area contributed by atoms with Crippen molar-refractivity contribution < 1.29 is 8.42 Å². The molecule has 2 rings (SSSR count). The normalized spacial score (nSPS) is 22.2. The van der Waals surface area contributed by atoms with Crippen LogP contribution in [-0.4, -0.2) is 31.5 Å². The molecular weight excluding hydrogens is 282 g/mol. The first kappa shape index (κ1) is 12.6. The zero-order valence-electron chi connectivity index (χ0n) is 8.81. The van der Waals surface area contributed by atoms with Crippen LogP contribution in [0.1, 0.15) is 11.3 Å². The Morgan fingerprint density at radius 3 is 2.94 bits per heavy atom. The number of aromatic nitrogens is 1. The van der Waals surface area contributed by atoms with Gasteiger partial charge in [-0.3, -0.25) is 0 Å². The van der Waals surface area contributed by atoms with Gasteiger partial charge in [0.15, 0.2) is 20.1 Å². The number of thiazole rings is 1. The lowest BCUT2D eigenvalue weighted by molar-refractivity contribution is 0.596. The molecule has 0 aromatic carbocycles. The zero-order chi connectivity index (χ0) is 12.5. The lowest BCUT2D eigenvalue weighted by Gasteiger charge is -2.07. The predicted molar refractivity (Wildman–Crippen MR) is 67.1 cm³/mol. The van der Waals surface area contributed by atoms with Gasteiger partial charge in [0, 0.05) is 6.54 Å². The minimum absolute atomic E-state index is 0.119. The van der Waals surface area contributed by atoms with E-state index in [-0.39, 0.29) is 22.6 Å². The van der Waals surface area contributed by atoms with Crippen molar-refractivity contribution in [2.75, 3.05) is 23.4 Å². The van der Waals surface area contributed by atoms with Gasteiger partial charge in [-0.15, -0.1) is 0 Å². The summed E-state index contributed by atoms with van der Waals surface area (Å²) in [5, 5.41) is 12.5. The highest BCUT2D eigenvalue weighted by Crippen LogP contribution is 2.27. The summed E-state index contributed by atoms with van der Waals surface area (Å²) in [6.07, 6.45) is 0.680. The second-order valence-electron chi connectivity index (χ2n) is 3.90. The van der Waals surface area contributed by atoms with E-state index in [0.717, 1.165) is 0 Å². The van der Waals surface area contributed by atoms with Gasteiger partial charge in [0.05, 0.1) is 11.5 Å². The Hall–Kier alpha value is -0.840. The number of nitrogens with zero attached hydrogens (tertiary/aromatic N) is 2. The van der Waals surface area contributed by atoms with E-state index in [1.807, 2.05) is 6.07 Å². The van der Waals surface area contributed by atoms with Crippen LogP contribution in [0.25, 0.3) is 0 Å². The van der Waals surface area contributed by atoms with E-state index in [0.29, 0.717) is 23.0 Å². The molecule has 0 saturated carbocycles. The number of hydrogen-bond donors (Lipinski definition) is 1. The van der Waals surface area contributed by atoms with E-state index in [4.69, 9.17) is 16.9 Å². The summed E-state index contributed by atoms with van der Waals surface area (Å²) in [5.41, 5.74) is 0. The fourth-order valence-electron chi connectivity index (χ4n) is 1.71. The Labute approximate surface area is 108 Å². The maximum absolute atomic E-state index is 11.3.